The summed E-state index contributed by atoms with van der Waals surface area (Å²) in [5, 5.41) is 19.0. The van der Waals surface area contributed by atoms with Crippen molar-refractivity contribution in [1.82, 2.24) is 10.2 Å². The summed E-state index contributed by atoms with van der Waals surface area (Å²) in [5.41, 5.74) is 2.65. The maximum absolute atomic E-state index is 9.10. The highest BCUT2D eigenvalue weighted by atomic mass is 35.5. The molecule has 1 atom stereocenters. The van der Waals surface area contributed by atoms with Crippen LogP contribution in [0.3, 0.4) is 0 Å². The van der Waals surface area contributed by atoms with E-state index in [0.717, 1.165) is 31.2 Å². The predicted molar refractivity (Wildman–Crippen MR) is 99.5 cm³/mol. The van der Waals surface area contributed by atoms with Crippen molar-refractivity contribution >= 4 is 23.5 Å². The number of hydrogen-bond acceptors (Lipinski definition) is 4. The summed E-state index contributed by atoms with van der Waals surface area (Å²) < 4.78 is 0. The van der Waals surface area contributed by atoms with Crippen molar-refractivity contribution in [1.29, 1.82) is 0 Å². The van der Waals surface area contributed by atoms with Gasteiger partial charge in [-0.1, -0.05) is 54.1 Å². The summed E-state index contributed by atoms with van der Waals surface area (Å²) in [5.74, 6) is -3.65. The zero-order valence-corrected chi connectivity index (χ0v) is 14.9. The first kappa shape index (κ1) is 19.9. The fourth-order valence-electron chi connectivity index (χ4n) is 2.83. The first-order valence-electron chi connectivity index (χ1n) is 8.20. The lowest BCUT2D eigenvalue weighted by Gasteiger charge is -2.35. The molecule has 3 N–H and O–H groups in total. The largest absolute Gasteiger partial charge is 0.473 e. The molecule has 1 aliphatic rings. The zero-order chi connectivity index (χ0) is 18.9. The standard InChI is InChI=1S/C17H19ClN2.C2H2O4/c18-16-8-6-15(7-9-16)17(14-4-2-1-3-5-14)20-12-10-19-11-13-20;3-1(4)2(5)6/h1-9,17,19H,10-13H2;(H,3,4)(H,5,6). The minimum absolute atomic E-state index is 0.315. The molecule has 0 radical (unpaired) electrons. The Labute approximate surface area is 157 Å². The molecule has 0 amide bonds. The molecule has 26 heavy (non-hydrogen) atoms. The number of carboxylic acid groups (broad SMARTS) is 2. The number of aliphatic carboxylic acids is 2. The van der Waals surface area contributed by atoms with Gasteiger partial charge >= 0.3 is 11.9 Å². The van der Waals surface area contributed by atoms with E-state index in [1.54, 1.807) is 0 Å². The van der Waals surface area contributed by atoms with Crippen LogP contribution < -0.4 is 5.32 Å². The Morgan fingerprint density at radius 3 is 1.88 bits per heavy atom. The Morgan fingerprint density at radius 2 is 1.38 bits per heavy atom. The van der Waals surface area contributed by atoms with Gasteiger partial charge in [-0.15, -0.1) is 0 Å². The van der Waals surface area contributed by atoms with Crippen molar-refractivity contribution in [2.45, 2.75) is 6.04 Å². The zero-order valence-electron chi connectivity index (χ0n) is 14.1. The number of carbonyl (C=O) groups is 2. The van der Waals surface area contributed by atoms with Gasteiger partial charge in [0.1, 0.15) is 0 Å². The minimum atomic E-state index is -1.82. The Morgan fingerprint density at radius 1 is 0.885 bits per heavy atom. The Balaban J connectivity index is 0.000000352. The third kappa shape index (κ3) is 5.84. The van der Waals surface area contributed by atoms with Crippen LogP contribution in [0.5, 0.6) is 0 Å². The average molecular weight is 377 g/mol. The molecule has 0 aliphatic carbocycles. The number of halogens is 1. The second-order valence-electron chi connectivity index (χ2n) is 5.76. The van der Waals surface area contributed by atoms with E-state index >= 15 is 0 Å². The van der Waals surface area contributed by atoms with E-state index in [0.29, 0.717) is 6.04 Å². The van der Waals surface area contributed by atoms with Gasteiger partial charge in [-0.3, -0.25) is 4.90 Å². The van der Waals surface area contributed by atoms with Crippen molar-refractivity contribution < 1.29 is 19.8 Å². The molecule has 0 aromatic heterocycles. The number of piperazine rings is 1. The maximum atomic E-state index is 9.10. The van der Waals surface area contributed by atoms with E-state index in [-0.39, 0.29) is 0 Å². The normalized spacial score (nSPS) is 15.4. The smallest absolute Gasteiger partial charge is 0.414 e. The van der Waals surface area contributed by atoms with Crippen molar-refractivity contribution in [3.05, 3.63) is 70.7 Å². The summed E-state index contributed by atoms with van der Waals surface area (Å²) >= 11 is 6.02. The van der Waals surface area contributed by atoms with Crippen LogP contribution in [0.4, 0.5) is 0 Å². The number of hydrogen-bond donors (Lipinski definition) is 3. The highest BCUT2D eigenvalue weighted by Gasteiger charge is 2.23. The van der Waals surface area contributed by atoms with Crippen molar-refractivity contribution in [2.75, 3.05) is 26.2 Å². The molecule has 0 saturated carbocycles. The quantitative estimate of drug-likeness (QED) is 0.713. The van der Waals surface area contributed by atoms with Crippen LogP contribution in [0.1, 0.15) is 17.2 Å². The number of carboxylic acids is 2. The molecule has 1 unspecified atom stereocenters. The minimum Gasteiger partial charge on any atom is -0.473 e. The molecule has 1 fully saturated rings. The monoisotopic (exact) mass is 376 g/mol. The van der Waals surface area contributed by atoms with Crippen LogP contribution in [0.25, 0.3) is 0 Å². The van der Waals surface area contributed by atoms with Crippen molar-refractivity contribution in [3.8, 4) is 0 Å². The van der Waals surface area contributed by atoms with Gasteiger partial charge in [0.15, 0.2) is 0 Å². The van der Waals surface area contributed by atoms with Crippen LogP contribution in [0.15, 0.2) is 54.6 Å². The molecule has 1 aliphatic heterocycles. The lowest BCUT2D eigenvalue weighted by molar-refractivity contribution is -0.159. The Hall–Kier alpha value is -2.41. The van der Waals surface area contributed by atoms with Crippen LogP contribution >= 0.6 is 11.6 Å². The lowest BCUT2D eigenvalue weighted by Crippen LogP contribution is -2.45. The van der Waals surface area contributed by atoms with Crippen molar-refractivity contribution in [3.63, 3.8) is 0 Å². The molecular formula is C19H21ClN2O4. The van der Waals surface area contributed by atoms with E-state index in [4.69, 9.17) is 31.4 Å². The summed E-state index contributed by atoms with van der Waals surface area (Å²) in [6.07, 6.45) is 0. The van der Waals surface area contributed by atoms with Crippen LogP contribution in [0, 0.1) is 0 Å². The predicted octanol–water partition coefficient (Wildman–Crippen LogP) is 2.49. The number of nitrogens with zero attached hydrogens (tertiary/aromatic N) is 1. The SMILES string of the molecule is Clc1ccc(C(c2ccccc2)N2CCNCC2)cc1.O=C(O)C(=O)O. The molecule has 0 spiro atoms. The summed E-state index contributed by atoms with van der Waals surface area (Å²) in [4.78, 5) is 20.7. The third-order valence-corrected chi connectivity index (χ3v) is 4.25. The fraction of sp³-hybridized carbons (Fsp3) is 0.263. The van der Waals surface area contributed by atoms with E-state index in [1.165, 1.54) is 11.1 Å². The molecular weight excluding hydrogens is 356 g/mol. The van der Waals surface area contributed by atoms with Crippen LogP contribution in [-0.2, 0) is 9.59 Å². The fourth-order valence-corrected chi connectivity index (χ4v) is 2.96. The highest BCUT2D eigenvalue weighted by Crippen LogP contribution is 2.29. The summed E-state index contributed by atoms with van der Waals surface area (Å²) in [6.45, 7) is 4.25. The maximum Gasteiger partial charge on any atom is 0.414 e. The number of nitrogens with one attached hydrogen (secondary N) is 1. The van der Waals surface area contributed by atoms with E-state index in [1.807, 2.05) is 12.1 Å². The Kier molecular flexibility index (Phi) is 7.59. The van der Waals surface area contributed by atoms with Gasteiger partial charge < -0.3 is 15.5 Å². The molecule has 7 heteroatoms. The first-order chi connectivity index (χ1) is 12.5. The Bertz CT molecular complexity index is 704. The highest BCUT2D eigenvalue weighted by molar-refractivity contribution is 6.30. The van der Waals surface area contributed by atoms with Gasteiger partial charge in [0, 0.05) is 31.2 Å². The molecule has 138 valence electrons. The second kappa shape index (κ2) is 9.91. The molecule has 2 aromatic carbocycles. The van der Waals surface area contributed by atoms with Crippen LogP contribution in [-0.4, -0.2) is 53.2 Å². The van der Waals surface area contributed by atoms with Gasteiger partial charge in [-0.25, -0.2) is 9.59 Å². The van der Waals surface area contributed by atoms with E-state index in [9.17, 15) is 0 Å². The molecule has 1 saturated heterocycles. The van der Waals surface area contributed by atoms with Gasteiger partial charge in [0.25, 0.3) is 0 Å². The molecule has 1 heterocycles. The van der Waals surface area contributed by atoms with Crippen LogP contribution in [0.2, 0.25) is 5.02 Å². The van der Waals surface area contributed by atoms with E-state index in [2.05, 4.69) is 52.7 Å². The van der Waals surface area contributed by atoms with Gasteiger partial charge in [-0.2, -0.15) is 0 Å². The average Bonchev–Trinajstić information content (AvgIpc) is 2.66. The lowest BCUT2D eigenvalue weighted by atomic mass is 9.96. The molecule has 3 rings (SSSR count). The number of rotatable bonds is 3. The van der Waals surface area contributed by atoms with Crippen molar-refractivity contribution in [2.24, 2.45) is 0 Å². The second-order valence-corrected chi connectivity index (χ2v) is 6.20. The van der Waals surface area contributed by atoms with Gasteiger partial charge in [0.2, 0.25) is 0 Å². The number of benzene rings is 2. The first-order valence-corrected chi connectivity index (χ1v) is 8.58. The molecule has 6 nitrogen and oxygen atoms in total. The molecule has 0 bridgehead atoms. The summed E-state index contributed by atoms with van der Waals surface area (Å²) in [6, 6.07) is 19.3. The van der Waals surface area contributed by atoms with Gasteiger partial charge in [-0.05, 0) is 23.3 Å². The third-order valence-electron chi connectivity index (χ3n) is 4.00. The summed E-state index contributed by atoms with van der Waals surface area (Å²) in [7, 11) is 0. The topological polar surface area (TPSA) is 89.9 Å². The van der Waals surface area contributed by atoms with Gasteiger partial charge in [0.05, 0.1) is 6.04 Å². The molecule has 2 aromatic rings. The van der Waals surface area contributed by atoms with E-state index < -0.39 is 11.9 Å².